The Bertz CT molecular complexity index is 374. The maximum atomic E-state index is 10.8. The molecule has 0 unspecified atom stereocenters. The molecule has 14 heavy (non-hydrogen) atoms. The molecule has 0 radical (unpaired) electrons. The summed E-state index contributed by atoms with van der Waals surface area (Å²) in [5.41, 5.74) is 6.06. The zero-order valence-corrected chi connectivity index (χ0v) is 8.16. The Hall–Kier alpha value is -1.32. The van der Waals surface area contributed by atoms with Gasteiger partial charge in [0.25, 0.3) is 0 Å². The van der Waals surface area contributed by atoms with Crippen molar-refractivity contribution in [1.29, 1.82) is 0 Å². The van der Waals surface area contributed by atoms with Crippen LogP contribution in [0.2, 0.25) is 5.02 Å². The van der Waals surface area contributed by atoms with E-state index < -0.39 is 5.97 Å². The van der Waals surface area contributed by atoms with E-state index >= 15 is 0 Å². The quantitative estimate of drug-likeness (QED) is 0.804. The number of halogens is 1. The molecule has 3 nitrogen and oxygen atoms in total. The average molecular weight is 212 g/mol. The van der Waals surface area contributed by atoms with Crippen molar-refractivity contribution >= 4 is 23.6 Å². The lowest BCUT2D eigenvalue weighted by molar-refractivity contribution is 0.0696. The van der Waals surface area contributed by atoms with Crippen LogP contribution in [0.3, 0.4) is 0 Å². The lowest BCUT2D eigenvalue weighted by Gasteiger charge is -2.01. The van der Waals surface area contributed by atoms with E-state index in [0.29, 0.717) is 17.1 Å². The molecule has 0 aliphatic heterocycles. The molecule has 1 aromatic rings. The molecule has 0 aliphatic carbocycles. The van der Waals surface area contributed by atoms with Gasteiger partial charge in [0.2, 0.25) is 0 Å². The lowest BCUT2D eigenvalue weighted by Crippen LogP contribution is -2.00. The Balaban J connectivity index is 3.15. The third-order valence-corrected chi connectivity index (χ3v) is 1.91. The molecule has 3 N–H and O–H groups in total. The Morgan fingerprint density at radius 2 is 2.29 bits per heavy atom. The molecule has 0 spiro atoms. The summed E-state index contributed by atoms with van der Waals surface area (Å²) in [4.78, 5) is 10.8. The largest absolute Gasteiger partial charge is 0.478 e. The zero-order valence-electron chi connectivity index (χ0n) is 7.40. The Morgan fingerprint density at radius 3 is 2.86 bits per heavy atom. The maximum Gasteiger partial charge on any atom is 0.336 e. The zero-order chi connectivity index (χ0) is 10.6. The number of hydrogen-bond donors (Lipinski definition) is 2. The second kappa shape index (κ2) is 4.79. The number of rotatable bonds is 3. The molecule has 1 aromatic carbocycles. The summed E-state index contributed by atoms with van der Waals surface area (Å²) in [6.45, 7) is 0.377. The molecule has 0 heterocycles. The van der Waals surface area contributed by atoms with E-state index in [1.54, 1.807) is 24.3 Å². The predicted octanol–water partition coefficient (Wildman–Crippen LogP) is 2.01. The second-order valence-corrected chi connectivity index (χ2v) is 3.11. The second-order valence-electron chi connectivity index (χ2n) is 2.67. The van der Waals surface area contributed by atoms with Gasteiger partial charge in [-0.15, -0.1) is 0 Å². The normalized spacial score (nSPS) is 10.7. The number of aromatic carboxylic acids is 1. The highest BCUT2D eigenvalue weighted by atomic mass is 35.5. The smallest absolute Gasteiger partial charge is 0.336 e. The minimum Gasteiger partial charge on any atom is -0.478 e. The minimum atomic E-state index is -0.996. The van der Waals surface area contributed by atoms with Crippen molar-refractivity contribution in [2.24, 2.45) is 5.73 Å². The standard InChI is InChI=1S/C10H10ClNO2/c11-8-4-3-7(2-1-5-12)9(6-8)10(13)14/h1-4,6H,5,12H2,(H,13,14). The first-order chi connectivity index (χ1) is 6.65. The van der Waals surface area contributed by atoms with Gasteiger partial charge in [0.05, 0.1) is 5.56 Å². The van der Waals surface area contributed by atoms with E-state index in [9.17, 15) is 4.79 Å². The number of nitrogens with two attached hydrogens (primary N) is 1. The molecule has 0 atom stereocenters. The molecule has 1 rings (SSSR count). The van der Waals surface area contributed by atoms with E-state index in [4.69, 9.17) is 22.4 Å². The SMILES string of the molecule is NCC=Cc1ccc(Cl)cc1C(=O)O. The monoisotopic (exact) mass is 211 g/mol. The molecular weight excluding hydrogens is 202 g/mol. The number of benzene rings is 1. The highest BCUT2D eigenvalue weighted by molar-refractivity contribution is 6.31. The van der Waals surface area contributed by atoms with Crippen LogP contribution in [-0.2, 0) is 0 Å². The van der Waals surface area contributed by atoms with Crippen LogP contribution < -0.4 is 5.73 Å². The molecule has 4 heteroatoms. The average Bonchev–Trinajstić information content (AvgIpc) is 2.15. The van der Waals surface area contributed by atoms with Gasteiger partial charge in [-0.05, 0) is 17.7 Å². The maximum absolute atomic E-state index is 10.8. The fraction of sp³-hybridized carbons (Fsp3) is 0.100. The Labute approximate surface area is 86.8 Å². The molecule has 0 aliphatic rings. The van der Waals surface area contributed by atoms with Gasteiger partial charge < -0.3 is 10.8 Å². The number of carboxylic acid groups (broad SMARTS) is 1. The van der Waals surface area contributed by atoms with Crippen molar-refractivity contribution in [3.63, 3.8) is 0 Å². The van der Waals surface area contributed by atoms with Crippen LogP contribution in [0, 0.1) is 0 Å². The summed E-state index contributed by atoms with van der Waals surface area (Å²) >= 11 is 5.68. The topological polar surface area (TPSA) is 63.3 Å². The molecule has 0 fully saturated rings. The summed E-state index contributed by atoms with van der Waals surface area (Å²) in [5, 5.41) is 9.28. The minimum absolute atomic E-state index is 0.183. The fourth-order valence-corrected chi connectivity index (χ4v) is 1.23. The van der Waals surface area contributed by atoms with Crippen molar-refractivity contribution in [1.82, 2.24) is 0 Å². The van der Waals surface area contributed by atoms with Crippen LogP contribution in [0.1, 0.15) is 15.9 Å². The first-order valence-corrected chi connectivity index (χ1v) is 4.42. The molecule has 74 valence electrons. The summed E-state index contributed by atoms with van der Waals surface area (Å²) < 4.78 is 0. The van der Waals surface area contributed by atoms with Gasteiger partial charge in [-0.25, -0.2) is 4.79 Å². The third kappa shape index (κ3) is 2.58. The predicted molar refractivity (Wildman–Crippen MR) is 56.5 cm³/mol. The summed E-state index contributed by atoms with van der Waals surface area (Å²) in [7, 11) is 0. The highest BCUT2D eigenvalue weighted by Crippen LogP contribution is 2.17. The van der Waals surface area contributed by atoms with Gasteiger partial charge in [0, 0.05) is 11.6 Å². The third-order valence-electron chi connectivity index (χ3n) is 1.68. The van der Waals surface area contributed by atoms with E-state index in [0.717, 1.165) is 0 Å². The van der Waals surface area contributed by atoms with Gasteiger partial charge in [-0.3, -0.25) is 0 Å². The van der Waals surface area contributed by atoms with Crippen LogP contribution >= 0.6 is 11.6 Å². The Morgan fingerprint density at radius 1 is 1.57 bits per heavy atom. The van der Waals surface area contributed by atoms with Crippen molar-refractivity contribution in [3.8, 4) is 0 Å². The van der Waals surface area contributed by atoms with Crippen molar-refractivity contribution in [2.45, 2.75) is 0 Å². The number of carboxylic acids is 1. The van der Waals surface area contributed by atoms with Gasteiger partial charge in [-0.1, -0.05) is 29.8 Å². The first-order valence-electron chi connectivity index (χ1n) is 4.04. The van der Waals surface area contributed by atoms with Gasteiger partial charge >= 0.3 is 5.97 Å². The van der Waals surface area contributed by atoms with Crippen LogP contribution in [-0.4, -0.2) is 17.6 Å². The summed E-state index contributed by atoms with van der Waals surface area (Å²) in [5.74, 6) is -0.996. The molecule has 0 bridgehead atoms. The van der Waals surface area contributed by atoms with Crippen molar-refractivity contribution in [3.05, 3.63) is 40.4 Å². The molecule has 0 aromatic heterocycles. The highest BCUT2D eigenvalue weighted by Gasteiger charge is 2.07. The summed E-state index contributed by atoms with van der Waals surface area (Å²) in [6, 6.07) is 4.71. The van der Waals surface area contributed by atoms with E-state index in [1.807, 2.05) is 0 Å². The Kier molecular flexibility index (Phi) is 3.68. The van der Waals surface area contributed by atoms with Crippen LogP contribution in [0.4, 0.5) is 0 Å². The first kappa shape index (κ1) is 10.8. The summed E-state index contributed by atoms with van der Waals surface area (Å²) in [6.07, 6.45) is 3.36. The van der Waals surface area contributed by atoms with Crippen molar-refractivity contribution < 1.29 is 9.90 Å². The van der Waals surface area contributed by atoms with Crippen LogP contribution in [0.15, 0.2) is 24.3 Å². The molecule has 0 amide bonds. The molecule has 0 saturated carbocycles. The fourth-order valence-electron chi connectivity index (χ4n) is 1.05. The van der Waals surface area contributed by atoms with E-state index in [1.165, 1.54) is 6.07 Å². The van der Waals surface area contributed by atoms with Gasteiger partial charge in [-0.2, -0.15) is 0 Å². The van der Waals surface area contributed by atoms with Crippen LogP contribution in [0.5, 0.6) is 0 Å². The lowest BCUT2D eigenvalue weighted by atomic mass is 10.1. The number of carbonyl (C=O) groups is 1. The molecule has 0 saturated heterocycles. The van der Waals surface area contributed by atoms with Crippen molar-refractivity contribution in [2.75, 3.05) is 6.54 Å². The van der Waals surface area contributed by atoms with E-state index in [-0.39, 0.29) is 5.56 Å². The number of hydrogen-bond acceptors (Lipinski definition) is 2. The van der Waals surface area contributed by atoms with Gasteiger partial charge in [0.15, 0.2) is 0 Å². The van der Waals surface area contributed by atoms with Crippen LogP contribution in [0.25, 0.3) is 6.08 Å². The molecular formula is C10H10ClNO2. The van der Waals surface area contributed by atoms with Gasteiger partial charge in [0.1, 0.15) is 0 Å². The van der Waals surface area contributed by atoms with E-state index in [2.05, 4.69) is 0 Å².